The van der Waals surface area contributed by atoms with E-state index in [0.29, 0.717) is 0 Å². The van der Waals surface area contributed by atoms with E-state index in [2.05, 4.69) is 55.2 Å². The number of piperidine rings is 1. The molecule has 1 aliphatic heterocycles. The average molecular weight is 473 g/mol. The van der Waals surface area contributed by atoms with Gasteiger partial charge in [-0.1, -0.05) is 75.6 Å². The van der Waals surface area contributed by atoms with Gasteiger partial charge >= 0.3 is 0 Å². The molecule has 0 radical (unpaired) electrons. The lowest BCUT2D eigenvalue weighted by Crippen LogP contribution is -2.33. The Labute approximate surface area is 210 Å². The third-order valence-electron chi connectivity index (χ3n) is 6.91. The highest BCUT2D eigenvalue weighted by molar-refractivity contribution is 5.96. The second kappa shape index (κ2) is 12.7. The molecule has 2 aromatic heterocycles. The lowest BCUT2D eigenvalue weighted by atomic mass is 10.0. The van der Waals surface area contributed by atoms with E-state index < -0.39 is 0 Å². The molecule has 0 spiro atoms. The summed E-state index contributed by atoms with van der Waals surface area (Å²) in [5.74, 6) is 0.125. The highest BCUT2D eigenvalue weighted by Gasteiger charge is 2.19. The van der Waals surface area contributed by atoms with Crippen molar-refractivity contribution in [3.05, 3.63) is 65.9 Å². The molecule has 0 saturated carbocycles. The standard InChI is InChI=1S/C30H40N4O/c1-3-5-21-33(22-6-4-2)30(35)26-17-23-34-28(24-26)27(16-13-20-32-18-11-8-12-19-32)29(31-34)25-14-9-7-10-15-25/h7,9-10,13-17,23-24H,3-6,8,11-12,18-22H2,1-2H3. The zero-order valence-corrected chi connectivity index (χ0v) is 21.5. The summed E-state index contributed by atoms with van der Waals surface area (Å²) in [6, 6.07) is 14.3. The average Bonchev–Trinajstić information content (AvgIpc) is 3.27. The van der Waals surface area contributed by atoms with Crippen molar-refractivity contribution in [1.82, 2.24) is 19.4 Å². The Kier molecular flexibility index (Phi) is 9.13. The molecule has 1 aliphatic rings. The fraction of sp³-hybridized carbons (Fsp3) is 0.467. The van der Waals surface area contributed by atoms with Gasteiger partial charge in [-0.2, -0.15) is 5.10 Å². The molecule has 1 saturated heterocycles. The molecule has 0 unspecified atom stereocenters. The van der Waals surface area contributed by atoms with E-state index in [1.807, 2.05) is 33.8 Å². The molecule has 3 heterocycles. The van der Waals surface area contributed by atoms with Gasteiger partial charge in [0.1, 0.15) is 5.69 Å². The van der Waals surface area contributed by atoms with Crippen LogP contribution in [-0.2, 0) is 0 Å². The monoisotopic (exact) mass is 472 g/mol. The van der Waals surface area contributed by atoms with Crippen molar-refractivity contribution in [2.75, 3.05) is 32.7 Å². The van der Waals surface area contributed by atoms with Gasteiger partial charge in [-0.25, -0.2) is 4.52 Å². The molecular formula is C30H40N4O. The van der Waals surface area contributed by atoms with Crippen molar-refractivity contribution < 1.29 is 4.79 Å². The summed E-state index contributed by atoms with van der Waals surface area (Å²) in [5.41, 5.74) is 4.86. The Morgan fingerprint density at radius 2 is 1.71 bits per heavy atom. The van der Waals surface area contributed by atoms with E-state index in [4.69, 9.17) is 5.10 Å². The maximum Gasteiger partial charge on any atom is 0.253 e. The van der Waals surface area contributed by atoms with Gasteiger partial charge < -0.3 is 4.90 Å². The summed E-state index contributed by atoms with van der Waals surface area (Å²) >= 11 is 0. The number of hydrogen-bond acceptors (Lipinski definition) is 3. The second-order valence-electron chi connectivity index (χ2n) is 9.64. The summed E-state index contributed by atoms with van der Waals surface area (Å²) in [7, 11) is 0. The van der Waals surface area contributed by atoms with E-state index in [-0.39, 0.29) is 5.91 Å². The molecule has 1 fully saturated rings. The zero-order chi connectivity index (χ0) is 24.5. The molecule has 4 rings (SSSR count). The number of hydrogen-bond donors (Lipinski definition) is 0. The van der Waals surface area contributed by atoms with Crippen molar-refractivity contribution >= 4 is 17.5 Å². The number of unbranched alkanes of at least 4 members (excludes halogenated alkanes) is 2. The Hall–Kier alpha value is -2.92. The molecule has 3 aromatic rings. The lowest BCUT2D eigenvalue weighted by Gasteiger charge is -2.24. The number of carbonyl (C=O) groups excluding carboxylic acids is 1. The molecule has 186 valence electrons. The number of aromatic nitrogens is 2. The number of pyridine rings is 1. The molecule has 1 aromatic carbocycles. The summed E-state index contributed by atoms with van der Waals surface area (Å²) in [4.78, 5) is 18.0. The van der Waals surface area contributed by atoms with Crippen LogP contribution in [0.2, 0.25) is 0 Å². The van der Waals surface area contributed by atoms with Crippen molar-refractivity contribution in [2.45, 2.75) is 58.8 Å². The van der Waals surface area contributed by atoms with E-state index in [1.54, 1.807) is 0 Å². The Balaban J connectivity index is 1.68. The summed E-state index contributed by atoms with van der Waals surface area (Å²) in [6.45, 7) is 9.29. The number of amides is 1. The van der Waals surface area contributed by atoms with Gasteiger partial charge in [0.15, 0.2) is 0 Å². The number of likely N-dealkylation sites (tertiary alicyclic amines) is 1. The van der Waals surface area contributed by atoms with Crippen LogP contribution in [0.15, 0.2) is 54.7 Å². The van der Waals surface area contributed by atoms with Crippen molar-refractivity contribution in [3.63, 3.8) is 0 Å². The topological polar surface area (TPSA) is 40.9 Å². The van der Waals surface area contributed by atoms with E-state index in [9.17, 15) is 4.79 Å². The van der Waals surface area contributed by atoms with Crippen LogP contribution in [0, 0.1) is 0 Å². The first kappa shape index (κ1) is 25.2. The Bertz CT molecular complexity index is 1100. The summed E-state index contributed by atoms with van der Waals surface area (Å²) < 4.78 is 1.92. The highest BCUT2D eigenvalue weighted by Crippen LogP contribution is 2.28. The molecule has 0 bridgehead atoms. The van der Waals surface area contributed by atoms with Gasteiger partial charge in [0.2, 0.25) is 0 Å². The van der Waals surface area contributed by atoms with Gasteiger partial charge in [-0.3, -0.25) is 9.69 Å². The SMILES string of the molecule is CCCCN(CCCC)C(=O)c1ccn2nc(-c3ccccc3)c(C=CCN3CCCCC3)c2c1. The predicted molar refractivity (Wildman–Crippen MR) is 146 cm³/mol. The maximum atomic E-state index is 13.5. The molecule has 35 heavy (non-hydrogen) atoms. The Morgan fingerprint density at radius 1 is 1.00 bits per heavy atom. The van der Waals surface area contributed by atoms with Gasteiger partial charge in [-0.15, -0.1) is 0 Å². The number of benzene rings is 1. The van der Waals surface area contributed by atoms with Gasteiger partial charge in [0.25, 0.3) is 5.91 Å². The molecule has 5 heteroatoms. The van der Waals surface area contributed by atoms with Crippen LogP contribution >= 0.6 is 0 Å². The van der Waals surface area contributed by atoms with Gasteiger partial charge in [0, 0.05) is 42.5 Å². The van der Waals surface area contributed by atoms with Crippen molar-refractivity contribution in [2.24, 2.45) is 0 Å². The van der Waals surface area contributed by atoms with Crippen LogP contribution in [-0.4, -0.2) is 58.0 Å². The quantitative estimate of drug-likeness (QED) is 0.318. The lowest BCUT2D eigenvalue weighted by molar-refractivity contribution is 0.0751. The molecular weight excluding hydrogens is 432 g/mol. The first-order valence-corrected chi connectivity index (χ1v) is 13.5. The van der Waals surface area contributed by atoms with Gasteiger partial charge in [-0.05, 0) is 50.9 Å². The molecule has 0 atom stereocenters. The van der Waals surface area contributed by atoms with Crippen molar-refractivity contribution in [1.29, 1.82) is 0 Å². The van der Waals surface area contributed by atoms with E-state index >= 15 is 0 Å². The third-order valence-corrected chi connectivity index (χ3v) is 6.91. The van der Waals surface area contributed by atoms with Crippen LogP contribution in [0.25, 0.3) is 22.9 Å². The first-order valence-electron chi connectivity index (χ1n) is 13.5. The van der Waals surface area contributed by atoms with E-state index in [1.165, 1.54) is 32.4 Å². The molecule has 0 N–H and O–H groups in total. The summed E-state index contributed by atoms with van der Waals surface area (Å²) in [6.07, 6.45) is 14.6. The second-order valence-corrected chi connectivity index (χ2v) is 9.64. The number of nitrogens with zero attached hydrogens (tertiary/aromatic N) is 4. The minimum absolute atomic E-state index is 0.125. The van der Waals surface area contributed by atoms with Crippen LogP contribution in [0.3, 0.4) is 0 Å². The predicted octanol–water partition coefficient (Wildman–Crippen LogP) is 6.54. The largest absolute Gasteiger partial charge is 0.339 e. The number of rotatable bonds is 11. The van der Waals surface area contributed by atoms with Crippen LogP contribution in [0.4, 0.5) is 0 Å². The third kappa shape index (κ3) is 6.40. The van der Waals surface area contributed by atoms with Crippen LogP contribution in [0.1, 0.15) is 74.7 Å². The first-order chi connectivity index (χ1) is 17.2. The minimum Gasteiger partial charge on any atom is -0.339 e. The van der Waals surface area contributed by atoms with Crippen molar-refractivity contribution in [3.8, 4) is 11.3 Å². The molecule has 5 nitrogen and oxygen atoms in total. The molecule has 0 aliphatic carbocycles. The number of carbonyl (C=O) groups is 1. The normalized spacial score (nSPS) is 14.7. The van der Waals surface area contributed by atoms with Crippen LogP contribution < -0.4 is 0 Å². The Morgan fingerprint density at radius 3 is 2.40 bits per heavy atom. The van der Waals surface area contributed by atoms with E-state index in [0.717, 1.165) is 73.2 Å². The minimum atomic E-state index is 0.125. The zero-order valence-electron chi connectivity index (χ0n) is 21.5. The van der Waals surface area contributed by atoms with Crippen LogP contribution in [0.5, 0.6) is 0 Å². The smallest absolute Gasteiger partial charge is 0.253 e. The van der Waals surface area contributed by atoms with Gasteiger partial charge in [0.05, 0.1) is 5.52 Å². The maximum absolute atomic E-state index is 13.5. The summed E-state index contributed by atoms with van der Waals surface area (Å²) in [5, 5.41) is 4.92. The fourth-order valence-corrected chi connectivity index (χ4v) is 4.83. The fourth-order valence-electron chi connectivity index (χ4n) is 4.83. The number of fused-ring (bicyclic) bond motifs is 1. The molecule has 1 amide bonds. The highest BCUT2D eigenvalue weighted by atomic mass is 16.2.